The number of carbonyl (C=O) groups is 1. The van der Waals surface area contributed by atoms with E-state index in [0.717, 1.165) is 0 Å². The fraction of sp³-hybridized carbons (Fsp3) is 0.462. The van der Waals surface area contributed by atoms with Gasteiger partial charge in [0, 0.05) is 5.75 Å². The zero-order valence-electron chi connectivity index (χ0n) is 10.9. The number of thioether (sulfide) groups is 1. The first-order valence-electron chi connectivity index (χ1n) is 6.02. The van der Waals surface area contributed by atoms with Gasteiger partial charge in [0.25, 0.3) is 0 Å². The van der Waals surface area contributed by atoms with Gasteiger partial charge in [-0.1, -0.05) is 12.1 Å². The van der Waals surface area contributed by atoms with Gasteiger partial charge >= 0.3 is 5.97 Å². The number of benzene rings is 1. The molecule has 0 aliphatic heterocycles. The smallest absolute Gasteiger partial charge is 0.315 e. The fourth-order valence-corrected chi connectivity index (χ4v) is 2.06. The summed E-state index contributed by atoms with van der Waals surface area (Å²) in [6.45, 7) is 2.28. The van der Waals surface area contributed by atoms with Gasteiger partial charge < -0.3 is 20.3 Å². The van der Waals surface area contributed by atoms with Gasteiger partial charge in [0.1, 0.15) is 12.4 Å². The molecule has 0 spiro atoms. The lowest BCUT2D eigenvalue weighted by Crippen LogP contribution is -2.21. The largest absolute Gasteiger partial charge is 0.489 e. The van der Waals surface area contributed by atoms with Crippen molar-refractivity contribution in [2.24, 2.45) is 0 Å². The van der Waals surface area contributed by atoms with Crippen molar-refractivity contribution >= 4 is 23.4 Å². The molecule has 0 aliphatic rings. The lowest BCUT2D eigenvalue weighted by Gasteiger charge is -2.13. The van der Waals surface area contributed by atoms with Crippen LogP contribution in [0.1, 0.15) is 6.92 Å². The molecule has 1 aromatic rings. The summed E-state index contributed by atoms with van der Waals surface area (Å²) in [7, 11) is 0. The summed E-state index contributed by atoms with van der Waals surface area (Å²) in [6.07, 6.45) is -0.654. The molecule has 19 heavy (non-hydrogen) atoms. The number of para-hydroxylation sites is 2. The Kier molecular flexibility index (Phi) is 7.14. The van der Waals surface area contributed by atoms with E-state index in [4.69, 9.17) is 15.2 Å². The van der Waals surface area contributed by atoms with Crippen molar-refractivity contribution in [2.75, 3.05) is 30.5 Å². The molecule has 1 atom stereocenters. The Morgan fingerprint density at radius 2 is 2.21 bits per heavy atom. The highest BCUT2D eigenvalue weighted by molar-refractivity contribution is 7.99. The lowest BCUT2D eigenvalue weighted by atomic mass is 10.3. The van der Waals surface area contributed by atoms with E-state index in [1.165, 1.54) is 11.8 Å². The molecule has 0 bridgehead atoms. The van der Waals surface area contributed by atoms with Gasteiger partial charge in [-0.25, -0.2) is 0 Å². The Morgan fingerprint density at radius 1 is 1.47 bits per heavy atom. The first-order valence-corrected chi connectivity index (χ1v) is 7.17. The van der Waals surface area contributed by atoms with E-state index in [9.17, 15) is 9.90 Å². The minimum absolute atomic E-state index is 0.143. The molecule has 0 aromatic heterocycles. The molecule has 3 N–H and O–H groups in total. The monoisotopic (exact) mass is 285 g/mol. The Hall–Kier alpha value is -1.40. The number of anilines is 1. The van der Waals surface area contributed by atoms with Crippen LogP contribution in [0.4, 0.5) is 5.69 Å². The van der Waals surface area contributed by atoms with Gasteiger partial charge in [-0.05, 0) is 19.1 Å². The van der Waals surface area contributed by atoms with Crippen molar-refractivity contribution in [1.82, 2.24) is 0 Å². The molecular formula is C13H19NO4S. The Morgan fingerprint density at radius 3 is 2.89 bits per heavy atom. The van der Waals surface area contributed by atoms with Crippen molar-refractivity contribution in [1.29, 1.82) is 0 Å². The molecule has 1 aromatic carbocycles. The Labute approximate surface area is 117 Å². The van der Waals surface area contributed by atoms with Crippen LogP contribution in [0.5, 0.6) is 5.75 Å². The number of carbonyl (C=O) groups excluding carboxylic acids is 1. The molecule has 0 radical (unpaired) electrons. The molecule has 0 saturated carbocycles. The Balaban J connectivity index is 2.19. The maximum absolute atomic E-state index is 11.1. The van der Waals surface area contributed by atoms with Crippen LogP contribution in [0.15, 0.2) is 24.3 Å². The molecular weight excluding hydrogens is 266 g/mol. The minimum atomic E-state index is -0.654. The van der Waals surface area contributed by atoms with E-state index in [1.54, 1.807) is 19.1 Å². The number of nitrogens with two attached hydrogens (primary N) is 1. The van der Waals surface area contributed by atoms with E-state index in [0.29, 0.717) is 23.8 Å². The van der Waals surface area contributed by atoms with Crippen molar-refractivity contribution in [2.45, 2.75) is 13.0 Å². The summed E-state index contributed by atoms with van der Waals surface area (Å²) < 4.78 is 10.2. The van der Waals surface area contributed by atoms with Gasteiger partial charge in [0.05, 0.1) is 24.2 Å². The van der Waals surface area contributed by atoms with Crippen LogP contribution in [0.2, 0.25) is 0 Å². The predicted octanol–water partition coefficient (Wildman–Crippen LogP) is 1.30. The maximum Gasteiger partial charge on any atom is 0.315 e. The predicted molar refractivity (Wildman–Crippen MR) is 76.3 cm³/mol. The van der Waals surface area contributed by atoms with E-state index in [2.05, 4.69) is 0 Å². The standard InChI is InChI=1S/C13H19NO4S/c1-2-17-13(16)9-19-8-10(15)7-18-12-6-4-3-5-11(12)14/h3-6,10,15H,2,7-9,14H2,1H3. The second-order valence-corrected chi connectivity index (χ2v) is 4.85. The molecule has 0 fully saturated rings. The number of ether oxygens (including phenoxy) is 2. The van der Waals surface area contributed by atoms with E-state index < -0.39 is 6.10 Å². The molecule has 0 heterocycles. The van der Waals surface area contributed by atoms with Crippen molar-refractivity contribution < 1.29 is 19.4 Å². The van der Waals surface area contributed by atoms with E-state index >= 15 is 0 Å². The highest BCUT2D eigenvalue weighted by Gasteiger charge is 2.09. The van der Waals surface area contributed by atoms with Gasteiger partial charge in [-0.2, -0.15) is 0 Å². The quantitative estimate of drug-likeness (QED) is 0.553. The van der Waals surface area contributed by atoms with Crippen molar-refractivity contribution in [3.8, 4) is 5.75 Å². The van der Waals surface area contributed by atoms with Crippen molar-refractivity contribution in [3.63, 3.8) is 0 Å². The average molecular weight is 285 g/mol. The van der Waals surface area contributed by atoms with Crippen LogP contribution in [0.25, 0.3) is 0 Å². The van der Waals surface area contributed by atoms with Crippen molar-refractivity contribution in [3.05, 3.63) is 24.3 Å². The highest BCUT2D eigenvalue weighted by Crippen LogP contribution is 2.20. The summed E-state index contributed by atoms with van der Waals surface area (Å²) in [5.41, 5.74) is 6.24. The van der Waals surface area contributed by atoms with Gasteiger partial charge in [0.15, 0.2) is 0 Å². The average Bonchev–Trinajstić information content (AvgIpc) is 2.38. The minimum Gasteiger partial charge on any atom is -0.489 e. The Bertz CT molecular complexity index is 400. The summed E-state index contributed by atoms with van der Waals surface area (Å²) in [5, 5.41) is 9.71. The molecule has 5 nitrogen and oxygen atoms in total. The summed E-state index contributed by atoms with van der Waals surface area (Å²) >= 11 is 1.31. The van der Waals surface area contributed by atoms with Gasteiger partial charge in [-0.15, -0.1) is 11.8 Å². The van der Waals surface area contributed by atoms with E-state index in [1.807, 2.05) is 12.1 Å². The van der Waals surface area contributed by atoms with Gasteiger partial charge in [-0.3, -0.25) is 4.79 Å². The first kappa shape index (κ1) is 15.7. The van der Waals surface area contributed by atoms with Crippen LogP contribution in [-0.4, -0.2) is 41.9 Å². The number of aliphatic hydroxyl groups excluding tert-OH is 1. The molecule has 0 amide bonds. The zero-order valence-corrected chi connectivity index (χ0v) is 11.7. The fourth-order valence-electron chi connectivity index (χ4n) is 1.33. The van der Waals surface area contributed by atoms with Gasteiger partial charge in [0.2, 0.25) is 0 Å². The zero-order chi connectivity index (χ0) is 14.1. The maximum atomic E-state index is 11.1. The SMILES string of the molecule is CCOC(=O)CSCC(O)COc1ccccc1N. The van der Waals surface area contributed by atoms with Crippen LogP contribution < -0.4 is 10.5 Å². The number of esters is 1. The summed E-state index contributed by atoms with van der Waals surface area (Å²) in [6, 6.07) is 7.10. The lowest BCUT2D eigenvalue weighted by molar-refractivity contribution is -0.139. The molecule has 106 valence electrons. The third kappa shape index (κ3) is 6.35. The molecule has 0 saturated heterocycles. The summed E-state index contributed by atoms with van der Waals surface area (Å²) in [5.74, 6) is 0.925. The molecule has 6 heteroatoms. The van der Waals surface area contributed by atoms with Crippen LogP contribution in [-0.2, 0) is 9.53 Å². The molecule has 0 aliphatic carbocycles. The normalized spacial score (nSPS) is 11.9. The third-order valence-electron chi connectivity index (χ3n) is 2.19. The van der Waals surface area contributed by atoms with Crippen LogP contribution in [0, 0.1) is 0 Å². The first-order chi connectivity index (χ1) is 9.13. The highest BCUT2D eigenvalue weighted by atomic mass is 32.2. The second kappa shape index (κ2) is 8.66. The summed E-state index contributed by atoms with van der Waals surface area (Å²) in [4.78, 5) is 11.1. The molecule has 1 unspecified atom stereocenters. The van der Waals surface area contributed by atoms with Crippen LogP contribution in [0.3, 0.4) is 0 Å². The number of nitrogen functional groups attached to an aromatic ring is 1. The van der Waals surface area contributed by atoms with Crippen LogP contribution >= 0.6 is 11.8 Å². The third-order valence-corrected chi connectivity index (χ3v) is 3.25. The number of hydrogen-bond acceptors (Lipinski definition) is 6. The second-order valence-electron chi connectivity index (χ2n) is 3.82. The number of aliphatic hydroxyl groups is 1. The van der Waals surface area contributed by atoms with E-state index in [-0.39, 0.29) is 18.3 Å². The molecule has 1 rings (SSSR count). The number of hydrogen-bond donors (Lipinski definition) is 2. The number of rotatable bonds is 8. The topological polar surface area (TPSA) is 81.8 Å².